The second kappa shape index (κ2) is 19.6. The molecule has 6 atom stereocenters. The third-order valence-electron chi connectivity index (χ3n) is 11.5. The highest BCUT2D eigenvalue weighted by Gasteiger charge is 2.47. The van der Waals surface area contributed by atoms with Crippen molar-refractivity contribution < 1.29 is 39.1 Å². The van der Waals surface area contributed by atoms with Gasteiger partial charge in [-0.3, -0.25) is 14.8 Å². The van der Waals surface area contributed by atoms with Gasteiger partial charge in [-0.25, -0.2) is 0 Å². The van der Waals surface area contributed by atoms with Gasteiger partial charge in [-0.1, -0.05) is 59.9 Å². The van der Waals surface area contributed by atoms with Crippen LogP contribution in [0.3, 0.4) is 0 Å². The van der Waals surface area contributed by atoms with Gasteiger partial charge in [-0.2, -0.15) is 0 Å². The molecule has 310 valence electrons. The summed E-state index contributed by atoms with van der Waals surface area (Å²) in [5, 5.41) is 36.4. The molecule has 3 aliphatic rings. The van der Waals surface area contributed by atoms with Gasteiger partial charge in [-0.05, 0) is 79.1 Å². The van der Waals surface area contributed by atoms with E-state index in [0.29, 0.717) is 49.4 Å². The molecule has 0 spiro atoms. The number of esters is 1. The van der Waals surface area contributed by atoms with E-state index in [1.807, 2.05) is 45.9 Å². The fourth-order valence-corrected chi connectivity index (χ4v) is 11.8. The minimum Gasteiger partial charge on any atom is -0.504 e. The van der Waals surface area contributed by atoms with E-state index in [1.165, 1.54) is 13.0 Å². The number of benzene rings is 2. The molecule has 57 heavy (non-hydrogen) atoms. The molecule has 6 unspecified atom stereocenters. The standard InChI is InChI=1S/C43H58N4O8S2/c1-4-5-6-14-42(23-30-11-12-34(49)37(18-30)54-32-10-7-15-43(24-32,27-57-56-26-42)47-41(44)45-3)39-22-33(53-28(2)48)21-36(55-39)31-19-35(50)40(51)38(20-31)52-17-13-29-9-8-16-46-25-29/h8-9,11-12,16,18-20,25,32-33,36,39,49-51H,4-7,10,13-15,17,21-24,26-27H2,1-3H3,(H3,44,45,47). The number of carbonyl (C=O) groups is 1. The zero-order valence-corrected chi connectivity index (χ0v) is 34.9. The summed E-state index contributed by atoms with van der Waals surface area (Å²) in [4.78, 5) is 20.9. The van der Waals surface area contributed by atoms with Crippen molar-refractivity contribution in [2.45, 2.75) is 121 Å². The van der Waals surface area contributed by atoms with Crippen LogP contribution in [-0.4, -0.2) is 81.2 Å². The van der Waals surface area contributed by atoms with Gasteiger partial charge < -0.3 is 45.3 Å². The summed E-state index contributed by atoms with van der Waals surface area (Å²) in [6, 6.07) is 12.7. The van der Waals surface area contributed by atoms with Crippen LogP contribution >= 0.6 is 21.6 Å². The molecule has 1 saturated carbocycles. The first-order chi connectivity index (χ1) is 27.5. The zero-order valence-electron chi connectivity index (χ0n) is 33.3. The summed E-state index contributed by atoms with van der Waals surface area (Å²) < 4.78 is 25.8. The fraction of sp³-hybridized carbons (Fsp3) is 0.558. The average Bonchev–Trinajstić information content (AvgIpc) is 3.19. The molecule has 6 rings (SSSR count). The summed E-state index contributed by atoms with van der Waals surface area (Å²) >= 11 is 0. The number of fused-ring (bicyclic) bond motifs is 4. The Hall–Kier alpha value is -4.01. The Kier molecular flexibility index (Phi) is 14.7. The van der Waals surface area contributed by atoms with Crippen molar-refractivity contribution in [1.82, 2.24) is 10.3 Å². The minimum absolute atomic E-state index is 0.0993. The van der Waals surface area contributed by atoms with Crippen LogP contribution in [0.4, 0.5) is 0 Å². The maximum Gasteiger partial charge on any atom is 0.302 e. The van der Waals surface area contributed by atoms with Crippen LogP contribution in [0.15, 0.2) is 59.9 Å². The summed E-state index contributed by atoms with van der Waals surface area (Å²) in [6.45, 7) is 3.88. The number of unbranched alkanes of at least 4 members (excludes halogenated alkanes) is 2. The lowest BCUT2D eigenvalue weighted by atomic mass is 9.71. The van der Waals surface area contributed by atoms with E-state index in [1.54, 1.807) is 31.6 Å². The Balaban J connectivity index is 1.36. The van der Waals surface area contributed by atoms with E-state index in [2.05, 4.69) is 22.2 Å². The number of pyridine rings is 1. The van der Waals surface area contributed by atoms with Gasteiger partial charge in [0.05, 0.1) is 24.4 Å². The Morgan fingerprint density at radius 2 is 1.95 bits per heavy atom. The summed E-state index contributed by atoms with van der Waals surface area (Å²) in [6.07, 6.45) is 11.4. The largest absolute Gasteiger partial charge is 0.504 e. The molecule has 2 fully saturated rings. The number of aliphatic imine (C=N–C) groups is 1. The quantitative estimate of drug-likeness (QED) is 0.0299. The smallest absolute Gasteiger partial charge is 0.302 e. The average molecular weight is 823 g/mol. The highest BCUT2D eigenvalue weighted by Crippen LogP contribution is 2.50. The fourth-order valence-electron chi connectivity index (χ4n) is 8.54. The number of phenols is 3. The molecule has 3 heterocycles. The molecule has 1 aliphatic carbocycles. The van der Waals surface area contributed by atoms with Gasteiger partial charge in [0.25, 0.3) is 0 Å². The summed E-state index contributed by atoms with van der Waals surface area (Å²) in [7, 11) is 5.32. The van der Waals surface area contributed by atoms with Crippen molar-refractivity contribution in [3.8, 4) is 28.7 Å². The SMILES string of the molecule is CCCCCC1(C2CC(OC(C)=O)CC(c3cc(O)c(O)c(OCCc4cccnc4)c3)O2)CSSCC2(NC(N)=NC)CCCC(C2)Oc2cc(ccc2O)C1. The Bertz CT molecular complexity index is 1840. The van der Waals surface area contributed by atoms with Crippen LogP contribution in [0.2, 0.25) is 0 Å². The Labute approximate surface area is 344 Å². The van der Waals surface area contributed by atoms with Gasteiger partial charge in [0.1, 0.15) is 12.2 Å². The Morgan fingerprint density at radius 1 is 1.11 bits per heavy atom. The minimum atomic E-state index is -0.577. The van der Waals surface area contributed by atoms with E-state index in [4.69, 9.17) is 24.7 Å². The highest BCUT2D eigenvalue weighted by atomic mass is 33.1. The van der Waals surface area contributed by atoms with Crippen LogP contribution in [0.5, 0.6) is 28.7 Å². The maximum absolute atomic E-state index is 12.5. The molecule has 2 aliphatic heterocycles. The molecule has 12 nitrogen and oxygen atoms in total. The summed E-state index contributed by atoms with van der Waals surface area (Å²) in [5.74, 6) is 1.58. The first-order valence-corrected chi connectivity index (χ1v) is 22.6. The third-order valence-corrected chi connectivity index (χ3v) is 14.2. The molecule has 4 bridgehead atoms. The number of phenolic OH excluding ortho intramolecular Hbond substituents is 3. The van der Waals surface area contributed by atoms with Crippen molar-refractivity contribution in [1.29, 1.82) is 0 Å². The lowest BCUT2D eigenvalue weighted by molar-refractivity contribution is -0.173. The van der Waals surface area contributed by atoms with E-state index < -0.39 is 17.6 Å². The second-order valence-corrected chi connectivity index (χ2v) is 18.3. The van der Waals surface area contributed by atoms with Crippen LogP contribution in [0, 0.1) is 5.41 Å². The number of hydrogen-bond donors (Lipinski definition) is 5. The monoisotopic (exact) mass is 822 g/mol. The molecule has 1 saturated heterocycles. The molecule has 14 heteroatoms. The number of guanidine groups is 1. The number of nitrogens with zero attached hydrogens (tertiary/aromatic N) is 2. The molecule has 1 aromatic heterocycles. The van der Waals surface area contributed by atoms with Crippen molar-refractivity contribution in [3.63, 3.8) is 0 Å². The molecule has 2 aromatic carbocycles. The topological polar surface area (TPSA) is 178 Å². The molecular weight excluding hydrogens is 765 g/mol. The number of rotatable bonds is 12. The van der Waals surface area contributed by atoms with E-state index in [-0.39, 0.29) is 53.3 Å². The number of nitrogens with two attached hydrogens (primary N) is 1. The van der Waals surface area contributed by atoms with Gasteiger partial charge >= 0.3 is 5.97 Å². The number of nitrogens with one attached hydrogen (secondary N) is 1. The lowest BCUT2D eigenvalue weighted by Crippen LogP contribution is -2.57. The highest BCUT2D eigenvalue weighted by molar-refractivity contribution is 8.76. The van der Waals surface area contributed by atoms with Crippen molar-refractivity contribution in [2.24, 2.45) is 16.1 Å². The number of aromatic nitrogens is 1. The van der Waals surface area contributed by atoms with Gasteiger partial charge in [0.2, 0.25) is 5.75 Å². The van der Waals surface area contributed by atoms with Gasteiger partial charge in [-0.15, -0.1) is 0 Å². The molecule has 6 N–H and O–H groups in total. The second-order valence-electron chi connectivity index (χ2n) is 15.8. The molecule has 0 amide bonds. The van der Waals surface area contributed by atoms with Crippen LogP contribution < -0.4 is 20.5 Å². The number of hydrogen-bond acceptors (Lipinski definition) is 12. The van der Waals surface area contributed by atoms with Crippen LogP contribution in [0.1, 0.15) is 101 Å². The van der Waals surface area contributed by atoms with Crippen molar-refractivity contribution >= 4 is 33.5 Å². The van der Waals surface area contributed by atoms with E-state index in [9.17, 15) is 20.1 Å². The normalized spacial score (nSPS) is 26.8. The van der Waals surface area contributed by atoms with E-state index in [0.717, 1.165) is 67.6 Å². The predicted molar refractivity (Wildman–Crippen MR) is 225 cm³/mol. The number of carbonyl (C=O) groups excluding carboxylic acids is 1. The first-order valence-electron chi connectivity index (χ1n) is 20.1. The third kappa shape index (κ3) is 11.1. The van der Waals surface area contributed by atoms with E-state index >= 15 is 0 Å². The Morgan fingerprint density at radius 3 is 2.72 bits per heavy atom. The van der Waals surface area contributed by atoms with Crippen molar-refractivity contribution in [3.05, 3.63) is 71.5 Å². The number of ether oxygens (including phenoxy) is 4. The van der Waals surface area contributed by atoms with Crippen LogP contribution in [0.25, 0.3) is 0 Å². The zero-order chi connectivity index (χ0) is 40.4. The number of aromatic hydroxyl groups is 3. The van der Waals surface area contributed by atoms with Crippen molar-refractivity contribution in [2.75, 3.05) is 25.2 Å². The van der Waals surface area contributed by atoms with Gasteiger partial charge in [0.15, 0.2) is 29.0 Å². The molecule has 0 radical (unpaired) electrons. The summed E-state index contributed by atoms with van der Waals surface area (Å²) in [5.41, 5.74) is 8.14. The predicted octanol–water partition coefficient (Wildman–Crippen LogP) is 7.77. The van der Waals surface area contributed by atoms with Crippen LogP contribution in [-0.2, 0) is 27.1 Å². The van der Waals surface area contributed by atoms with Gasteiger partial charge in [0, 0.05) is 69.0 Å². The molecular formula is C43H58N4O8S2. The lowest BCUT2D eigenvalue weighted by Gasteiger charge is -2.47. The maximum atomic E-state index is 12.5. The first kappa shape index (κ1) is 42.6. The molecule has 3 aromatic rings.